The highest BCUT2D eigenvalue weighted by molar-refractivity contribution is 5.79. The van der Waals surface area contributed by atoms with Crippen molar-refractivity contribution < 1.29 is 4.79 Å². The lowest BCUT2D eigenvalue weighted by Crippen LogP contribution is -2.34. The van der Waals surface area contributed by atoms with Crippen molar-refractivity contribution in [1.29, 1.82) is 0 Å². The minimum Gasteiger partial charge on any atom is -0.355 e. The molecule has 2 aliphatic carbocycles. The first-order valence-electron chi connectivity index (χ1n) is 10.4. The van der Waals surface area contributed by atoms with Gasteiger partial charge in [-0.3, -0.25) is 4.79 Å². The number of benzene rings is 1. The molecule has 0 bridgehead atoms. The molecule has 2 nitrogen and oxygen atoms in total. The van der Waals surface area contributed by atoms with Gasteiger partial charge in [-0.1, -0.05) is 94.7 Å². The third-order valence-electron chi connectivity index (χ3n) is 5.87. The molecule has 0 aromatic heterocycles. The summed E-state index contributed by atoms with van der Waals surface area (Å²) in [5.74, 6) is 0.810. The van der Waals surface area contributed by atoms with Gasteiger partial charge < -0.3 is 5.32 Å². The first kappa shape index (κ1) is 19.7. The van der Waals surface area contributed by atoms with Crippen molar-refractivity contribution in [2.45, 2.75) is 58.8 Å². The van der Waals surface area contributed by atoms with Gasteiger partial charge in [-0.15, -0.1) is 0 Å². The van der Waals surface area contributed by atoms with Crippen LogP contribution in [0.5, 0.6) is 0 Å². The van der Waals surface area contributed by atoms with Gasteiger partial charge in [-0.25, -0.2) is 0 Å². The Kier molecular flexibility index (Phi) is 6.36. The van der Waals surface area contributed by atoms with Gasteiger partial charge in [0, 0.05) is 17.9 Å². The van der Waals surface area contributed by atoms with Gasteiger partial charge >= 0.3 is 0 Å². The number of carbonyl (C=O) groups is 1. The van der Waals surface area contributed by atoms with E-state index in [-0.39, 0.29) is 17.2 Å². The lowest BCUT2D eigenvalue weighted by Gasteiger charge is -2.22. The van der Waals surface area contributed by atoms with Crippen LogP contribution in [0.1, 0.15) is 69.9 Å². The summed E-state index contributed by atoms with van der Waals surface area (Å²) in [6.07, 6.45) is 16.8. The Hall–Kier alpha value is -2.09. The zero-order valence-corrected chi connectivity index (χ0v) is 17.0. The maximum absolute atomic E-state index is 12.3. The van der Waals surface area contributed by atoms with Crippen LogP contribution in [0.15, 0.2) is 54.6 Å². The first-order chi connectivity index (χ1) is 12.9. The van der Waals surface area contributed by atoms with E-state index in [0.717, 1.165) is 12.8 Å². The molecule has 3 rings (SSSR count). The number of hydrogen-bond donors (Lipinski definition) is 1. The fourth-order valence-corrected chi connectivity index (χ4v) is 3.89. The summed E-state index contributed by atoms with van der Waals surface area (Å²) in [6, 6.07) is 8.77. The number of amides is 1. The molecule has 0 radical (unpaired) electrons. The van der Waals surface area contributed by atoms with Gasteiger partial charge in [0.05, 0.1) is 0 Å². The van der Waals surface area contributed by atoms with Crippen molar-refractivity contribution >= 4 is 11.5 Å². The van der Waals surface area contributed by atoms with E-state index in [1.54, 1.807) is 0 Å². The fourth-order valence-electron chi connectivity index (χ4n) is 3.89. The molecule has 1 aromatic rings. The quantitative estimate of drug-likeness (QED) is 0.680. The molecule has 1 aromatic carbocycles. The number of carbonyl (C=O) groups excluding carboxylic acids is 1. The van der Waals surface area contributed by atoms with Crippen molar-refractivity contribution in [1.82, 2.24) is 5.32 Å². The Bertz CT molecular complexity index is 730. The summed E-state index contributed by atoms with van der Waals surface area (Å²) >= 11 is 0. The molecule has 1 saturated carbocycles. The molecule has 0 spiro atoms. The van der Waals surface area contributed by atoms with Crippen LogP contribution in [0.25, 0.3) is 5.57 Å². The topological polar surface area (TPSA) is 29.1 Å². The largest absolute Gasteiger partial charge is 0.355 e. The summed E-state index contributed by atoms with van der Waals surface area (Å²) in [4.78, 5) is 12.3. The standard InChI is InChI=1S/C25H33NO/c1-19(18-26-24(27)23-8-5-4-6-9-23)20-11-13-22(14-12-20)21-10-7-16-25(2,3)17-15-21/h7,10-17,19,23H,4-6,8-9,18H2,1-3H3,(H,26,27). The Morgan fingerprint density at radius 1 is 1.11 bits per heavy atom. The fraction of sp³-hybridized carbons (Fsp3) is 0.480. The van der Waals surface area contributed by atoms with Crippen molar-refractivity contribution in [3.63, 3.8) is 0 Å². The second-order valence-electron chi connectivity index (χ2n) is 8.74. The molecular formula is C25H33NO. The molecule has 1 unspecified atom stereocenters. The highest BCUT2D eigenvalue weighted by atomic mass is 16.1. The molecule has 1 fully saturated rings. The molecular weight excluding hydrogens is 330 g/mol. The van der Waals surface area contributed by atoms with Gasteiger partial charge in [0.1, 0.15) is 0 Å². The maximum Gasteiger partial charge on any atom is 0.223 e. The van der Waals surface area contributed by atoms with Crippen LogP contribution in [0.3, 0.4) is 0 Å². The summed E-state index contributed by atoms with van der Waals surface area (Å²) in [5.41, 5.74) is 3.85. The third-order valence-corrected chi connectivity index (χ3v) is 5.87. The minimum atomic E-state index is 0.100. The van der Waals surface area contributed by atoms with Gasteiger partial charge in [-0.05, 0) is 35.5 Å². The smallest absolute Gasteiger partial charge is 0.223 e. The highest BCUT2D eigenvalue weighted by Crippen LogP contribution is 2.28. The Morgan fingerprint density at radius 2 is 1.81 bits per heavy atom. The second-order valence-corrected chi connectivity index (χ2v) is 8.74. The van der Waals surface area contributed by atoms with Gasteiger partial charge in [-0.2, -0.15) is 0 Å². The van der Waals surface area contributed by atoms with Crippen LogP contribution in [0.4, 0.5) is 0 Å². The van der Waals surface area contributed by atoms with Crippen LogP contribution in [0.2, 0.25) is 0 Å². The van der Waals surface area contributed by atoms with Crippen molar-refractivity contribution in [3.8, 4) is 0 Å². The van der Waals surface area contributed by atoms with E-state index in [2.05, 4.69) is 80.7 Å². The average Bonchev–Trinajstić information content (AvgIpc) is 2.87. The first-order valence-corrected chi connectivity index (χ1v) is 10.4. The van der Waals surface area contributed by atoms with Crippen LogP contribution < -0.4 is 5.32 Å². The molecule has 0 heterocycles. The second kappa shape index (κ2) is 8.73. The maximum atomic E-state index is 12.3. The summed E-state index contributed by atoms with van der Waals surface area (Å²) in [6.45, 7) is 7.33. The normalized spacial score (nSPS) is 20.6. The van der Waals surface area contributed by atoms with E-state index >= 15 is 0 Å². The van der Waals surface area contributed by atoms with Gasteiger partial charge in [0.2, 0.25) is 5.91 Å². The average molecular weight is 364 g/mol. The molecule has 0 aliphatic heterocycles. The van der Waals surface area contributed by atoms with E-state index in [9.17, 15) is 4.79 Å². The molecule has 27 heavy (non-hydrogen) atoms. The highest BCUT2D eigenvalue weighted by Gasteiger charge is 2.21. The predicted molar refractivity (Wildman–Crippen MR) is 114 cm³/mol. The van der Waals surface area contributed by atoms with Crippen LogP contribution in [0, 0.1) is 11.3 Å². The summed E-state index contributed by atoms with van der Waals surface area (Å²) < 4.78 is 0. The van der Waals surface area contributed by atoms with E-state index in [4.69, 9.17) is 0 Å². The number of hydrogen-bond acceptors (Lipinski definition) is 1. The molecule has 144 valence electrons. The summed E-state index contributed by atoms with van der Waals surface area (Å²) in [7, 11) is 0. The van der Waals surface area contributed by atoms with Gasteiger partial charge in [0.15, 0.2) is 0 Å². The molecule has 2 heteroatoms. The zero-order chi connectivity index (χ0) is 19.3. The van der Waals surface area contributed by atoms with Crippen LogP contribution in [-0.4, -0.2) is 12.5 Å². The number of allylic oxidation sites excluding steroid dienone is 6. The molecule has 2 aliphatic rings. The monoisotopic (exact) mass is 363 g/mol. The lowest BCUT2D eigenvalue weighted by molar-refractivity contribution is -0.125. The summed E-state index contributed by atoms with van der Waals surface area (Å²) in [5, 5.41) is 3.18. The molecule has 0 saturated heterocycles. The van der Waals surface area contributed by atoms with Crippen molar-refractivity contribution in [3.05, 3.63) is 65.8 Å². The predicted octanol–water partition coefficient (Wildman–Crippen LogP) is 6.02. The number of rotatable bonds is 5. The van der Waals surface area contributed by atoms with E-state index in [1.807, 2.05) is 0 Å². The number of nitrogens with one attached hydrogen (secondary N) is 1. The van der Waals surface area contributed by atoms with Gasteiger partial charge in [0.25, 0.3) is 0 Å². The Morgan fingerprint density at radius 3 is 2.52 bits per heavy atom. The van der Waals surface area contributed by atoms with Crippen LogP contribution >= 0.6 is 0 Å². The zero-order valence-electron chi connectivity index (χ0n) is 17.0. The SMILES string of the molecule is CC(CNC(=O)C1CCCCC1)c1ccc(C2=CC=CC(C)(C)C=C2)cc1. The van der Waals surface area contributed by atoms with Crippen molar-refractivity contribution in [2.24, 2.45) is 11.3 Å². The van der Waals surface area contributed by atoms with E-state index < -0.39 is 0 Å². The van der Waals surface area contributed by atoms with Crippen molar-refractivity contribution in [2.75, 3.05) is 6.54 Å². The molecule has 1 N–H and O–H groups in total. The minimum absolute atomic E-state index is 0.100. The van der Waals surface area contributed by atoms with E-state index in [1.165, 1.54) is 36.0 Å². The van der Waals surface area contributed by atoms with Crippen LogP contribution in [-0.2, 0) is 4.79 Å². The molecule has 1 atom stereocenters. The Balaban J connectivity index is 1.57. The lowest BCUT2D eigenvalue weighted by atomic mass is 9.88. The van der Waals surface area contributed by atoms with E-state index in [0.29, 0.717) is 12.5 Å². The third kappa shape index (κ3) is 5.45. The molecule has 1 amide bonds. The Labute approximate surface area is 164 Å².